The van der Waals surface area contributed by atoms with Crippen molar-refractivity contribution >= 4 is 5.78 Å². The van der Waals surface area contributed by atoms with E-state index >= 15 is 0 Å². The number of nitrogens with two attached hydrogens (primary N) is 1. The summed E-state index contributed by atoms with van der Waals surface area (Å²) in [6.07, 6.45) is 1.99. The summed E-state index contributed by atoms with van der Waals surface area (Å²) >= 11 is 0. The van der Waals surface area contributed by atoms with Crippen LogP contribution in [-0.4, -0.2) is 12.3 Å². The van der Waals surface area contributed by atoms with Gasteiger partial charge >= 0.3 is 0 Å². The summed E-state index contributed by atoms with van der Waals surface area (Å²) in [7, 11) is 0. The van der Waals surface area contributed by atoms with Gasteiger partial charge in [-0.05, 0) is 12.8 Å². The van der Waals surface area contributed by atoms with Gasteiger partial charge in [-0.3, -0.25) is 4.79 Å². The molecular weight excluding hydrogens is 90.1 g/mol. The van der Waals surface area contributed by atoms with E-state index in [1.54, 1.807) is 0 Å². The Morgan fingerprint density at radius 3 is 2.43 bits per heavy atom. The molecule has 0 aromatic rings. The summed E-state index contributed by atoms with van der Waals surface area (Å²) in [5.41, 5.74) is 5.04. The summed E-state index contributed by atoms with van der Waals surface area (Å²) in [6.45, 7) is 0.204. The van der Waals surface area contributed by atoms with E-state index in [1.807, 2.05) is 0 Å². The van der Waals surface area contributed by atoms with Gasteiger partial charge in [-0.1, -0.05) is 0 Å². The molecule has 1 rings (SSSR count). The standard InChI is InChI=1S/C5H8NO/c6-3-5(7)4-1-2-4/h1-3,6H2. The maximum Gasteiger partial charge on any atom is 0.153 e. The monoisotopic (exact) mass is 98.1 g/mol. The molecule has 0 atom stereocenters. The minimum absolute atomic E-state index is 0.153. The summed E-state index contributed by atoms with van der Waals surface area (Å²) in [5, 5.41) is 0. The molecule has 39 valence electrons. The zero-order valence-corrected chi connectivity index (χ0v) is 4.11. The van der Waals surface area contributed by atoms with E-state index in [1.165, 1.54) is 0 Å². The molecule has 0 spiro atoms. The molecule has 0 heterocycles. The Kier molecular flexibility index (Phi) is 1.11. The lowest BCUT2D eigenvalue weighted by Crippen LogP contribution is -2.13. The van der Waals surface area contributed by atoms with Gasteiger partial charge in [0.2, 0.25) is 0 Å². The third-order valence-electron chi connectivity index (χ3n) is 1.08. The molecule has 0 amide bonds. The van der Waals surface area contributed by atoms with Gasteiger partial charge in [0.1, 0.15) is 0 Å². The molecule has 1 saturated carbocycles. The first kappa shape index (κ1) is 4.78. The number of hydrogen-bond donors (Lipinski definition) is 1. The van der Waals surface area contributed by atoms with Crippen molar-refractivity contribution in [2.24, 2.45) is 5.73 Å². The normalized spacial score (nSPS) is 19.6. The quantitative estimate of drug-likeness (QED) is 0.523. The molecule has 0 aromatic heterocycles. The highest BCUT2D eigenvalue weighted by molar-refractivity contribution is 5.96. The number of rotatable bonds is 2. The van der Waals surface area contributed by atoms with Crippen molar-refractivity contribution < 1.29 is 4.79 Å². The number of ketones is 1. The molecule has 0 unspecified atom stereocenters. The lowest BCUT2D eigenvalue weighted by atomic mass is 10.3. The number of carbonyl (C=O) groups excluding carboxylic acids is 1. The smallest absolute Gasteiger partial charge is 0.153 e. The molecule has 2 nitrogen and oxygen atoms in total. The molecule has 0 bridgehead atoms. The molecule has 0 aromatic carbocycles. The second-order valence-corrected chi connectivity index (χ2v) is 1.73. The van der Waals surface area contributed by atoms with Gasteiger partial charge in [0, 0.05) is 5.92 Å². The maximum atomic E-state index is 10.4. The molecule has 1 aliphatic rings. The molecule has 0 aliphatic heterocycles. The third kappa shape index (κ3) is 0.996. The fourth-order valence-corrected chi connectivity index (χ4v) is 0.486. The van der Waals surface area contributed by atoms with E-state index in [9.17, 15) is 4.79 Å². The SMILES string of the molecule is NCC(=O)[C]1CC1. The Morgan fingerprint density at radius 1 is 1.71 bits per heavy atom. The summed E-state index contributed by atoms with van der Waals surface area (Å²) in [4.78, 5) is 10.4. The van der Waals surface area contributed by atoms with Gasteiger partial charge in [0.15, 0.2) is 5.78 Å². The molecule has 0 saturated heterocycles. The minimum Gasteiger partial charge on any atom is -0.324 e. The highest BCUT2D eigenvalue weighted by atomic mass is 16.1. The Balaban J connectivity index is 2.24. The Hall–Kier alpha value is -0.370. The minimum atomic E-state index is 0.153. The fourth-order valence-electron chi connectivity index (χ4n) is 0.486. The van der Waals surface area contributed by atoms with Gasteiger partial charge in [-0.2, -0.15) is 0 Å². The number of Topliss-reactive ketones (excluding diaryl/α,β-unsaturated/α-hetero) is 1. The number of hydrogen-bond acceptors (Lipinski definition) is 2. The van der Waals surface area contributed by atoms with Crippen LogP contribution in [0, 0.1) is 5.92 Å². The predicted octanol–water partition coefficient (Wildman–Crippen LogP) is -0.118. The van der Waals surface area contributed by atoms with Crippen molar-refractivity contribution in [2.45, 2.75) is 12.8 Å². The zero-order chi connectivity index (χ0) is 5.28. The highest BCUT2D eigenvalue weighted by Crippen LogP contribution is 2.31. The van der Waals surface area contributed by atoms with Crippen molar-refractivity contribution in [1.29, 1.82) is 0 Å². The summed E-state index contributed by atoms with van der Waals surface area (Å²) < 4.78 is 0. The van der Waals surface area contributed by atoms with Gasteiger partial charge in [0.05, 0.1) is 6.54 Å². The highest BCUT2D eigenvalue weighted by Gasteiger charge is 2.28. The van der Waals surface area contributed by atoms with E-state index in [4.69, 9.17) is 5.73 Å². The zero-order valence-electron chi connectivity index (χ0n) is 4.11. The number of carbonyl (C=O) groups is 1. The van der Waals surface area contributed by atoms with Gasteiger partial charge < -0.3 is 5.73 Å². The van der Waals surface area contributed by atoms with Crippen LogP contribution in [-0.2, 0) is 4.79 Å². The van der Waals surface area contributed by atoms with Crippen molar-refractivity contribution in [2.75, 3.05) is 6.54 Å². The van der Waals surface area contributed by atoms with Crippen LogP contribution in [0.25, 0.3) is 0 Å². The Morgan fingerprint density at radius 2 is 2.29 bits per heavy atom. The molecule has 1 radical (unpaired) electrons. The lowest BCUT2D eigenvalue weighted by molar-refractivity contribution is -0.115. The molecule has 1 fully saturated rings. The first-order valence-corrected chi connectivity index (χ1v) is 2.42. The maximum absolute atomic E-state index is 10.4. The summed E-state index contributed by atoms with van der Waals surface area (Å²) in [6, 6.07) is 0. The first-order chi connectivity index (χ1) is 3.34. The van der Waals surface area contributed by atoms with E-state index in [0.29, 0.717) is 0 Å². The van der Waals surface area contributed by atoms with Gasteiger partial charge in [0.25, 0.3) is 0 Å². The Bertz CT molecular complexity index is 86.1. The van der Waals surface area contributed by atoms with Gasteiger partial charge in [-0.25, -0.2) is 0 Å². The average molecular weight is 98.1 g/mol. The fraction of sp³-hybridized carbons (Fsp3) is 0.600. The van der Waals surface area contributed by atoms with Crippen molar-refractivity contribution in [3.05, 3.63) is 5.92 Å². The van der Waals surface area contributed by atoms with Crippen LogP contribution < -0.4 is 5.73 Å². The second kappa shape index (κ2) is 1.62. The first-order valence-electron chi connectivity index (χ1n) is 2.42. The van der Waals surface area contributed by atoms with Crippen LogP contribution in [0.1, 0.15) is 12.8 Å². The second-order valence-electron chi connectivity index (χ2n) is 1.73. The van der Waals surface area contributed by atoms with Crippen LogP contribution in [0.2, 0.25) is 0 Å². The van der Waals surface area contributed by atoms with Crippen LogP contribution in [0.5, 0.6) is 0 Å². The summed E-state index contributed by atoms with van der Waals surface area (Å²) in [5.74, 6) is 1.18. The molecule has 1 aliphatic carbocycles. The van der Waals surface area contributed by atoms with Gasteiger partial charge in [-0.15, -0.1) is 0 Å². The lowest BCUT2D eigenvalue weighted by Gasteiger charge is -1.84. The molecule has 2 heteroatoms. The predicted molar refractivity (Wildman–Crippen MR) is 26.5 cm³/mol. The average Bonchev–Trinajstić information content (AvgIpc) is 2.44. The van der Waals surface area contributed by atoms with Crippen molar-refractivity contribution in [3.63, 3.8) is 0 Å². The Labute approximate surface area is 42.7 Å². The molecular formula is C5H8NO. The van der Waals surface area contributed by atoms with Crippen LogP contribution in [0.3, 0.4) is 0 Å². The van der Waals surface area contributed by atoms with E-state index in [0.717, 1.165) is 18.8 Å². The van der Waals surface area contributed by atoms with E-state index in [-0.39, 0.29) is 12.3 Å². The third-order valence-corrected chi connectivity index (χ3v) is 1.08. The molecule has 2 N–H and O–H groups in total. The van der Waals surface area contributed by atoms with Crippen LogP contribution >= 0.6 is 0 Å². The van der Waals surface area contributed by atoms with Crippen molar-refractivity contribution in [3.8, 4) is 0 Å². The topological polar surface area (TPSA) is 43.1 Å². The van der Waals surface area contributed by atoms with Crippen LogP contribution in [0.15, 0.2) is 0 Å². The molecule has 7 heavy (non-hydrogen) atoms. The van der Waals surface area contributed by atoms with Crippen LogP contribution in [0.4, 0.5) is 0 Å². The largest absolute Gasteiger partial charge is 0.324 e. The van der Waals surface area contributed by atoms with E-state index < -0.39 is 0 Å². The van der Waals surface area contributed by atoms with Crippen molar-refractivity contribution in [1.82, 2.24) is 0 Å². The van der Waals surface area contributed by atoms with E-state index in [2.05, 4.69) is 0 Å².